The molecule has 2 nitrogen and oxygen atoms in total. The molecule has 1 heterocycles. The van der Waals surface area contributed by atoms with E-state index in [1.54, 1.807) is 0 Å². The van der Waals surface area contributed by atoms with Crippen LogP contribution in [0.2, 0.25) is 0 Å². The Morgan fingerprint density at radius 1 is 1.24 bits per heavy atom. The van der Waals surface area contributed by atoms with E-state index in [1.165, 1.54) is 29.1 Å². The lowest BCUT2D eigenvalue weighted by Crippen LogP contribution is -2.24. The minimum Gasteiger partial charge on any atom is -0.305 e. The number of rotatable bonds is 7. The van der Waals surface area contributed by atoms with Crippen molar-refractivity contribution >= 4 is 11.3 Å². The summed E-state index contributed by atoms with van der Waals surface area (Å²) >= 11 is 1.82. The predicted molar refractivity (Wildman–Crippen MR) is 89.9 cm³/mol. The highest BCUT2D eigenvalue weighted by Crippen LogP contribution is 2.30. The largest absolute Gasteiger partial charge is 0.305 e. The van der Waals surface area contributed by atoms with Gasteiger partial charge in [0.15, 0.2) is 0 Å². The first kappa shape index (κ1) is 14.7. The van der Waals surface area contributed by atoms with Crippen molar-refractivity contribution in [3.8, 4) is 0 Å². The van der Waals surface area contributed by atoms with Crippen molar-refractivity contribution in [2.75, 3.05) is 0 Å². The van der Waals surface area contributed by atoms with Gasteiger partial charge in [0, 0.05) is 11.4 Å². The second-order valence-corrected chi connectivity index (χ2v) is 7.17. The van der Waals surface area contributed by atoms with E-state index < -0.39 is 0 Å². The van der Waals surface area contributed by atoms with E-state index in [-0.39, 0.29) is 0 Å². The molecular weight excluding hydrogens is 276 g/mol. The van der Waals surface area contributed by atoms with Gasteiger partial charge in [0.2, 0.25) is 0 Å². The van der Waals surface area contributed by atoms with E-state index >= 15 is 0 Å². The summed E-state index contributed by atoms with van der Waals surface area (Å²) in [6.45, 7) is 4.43. The standard InChI is InChI=1S/C18H24N2S/c1-13(2)17-12-21-18(20-17)16(19-15-9-10-15)11-8-14-6-4-3-5-7-14/h3-7,12-13,15-16,19H,8-11H2,1-2H3. The molecule has 112 valence electrons. The average molecular weight is 300 g/mol. The smallest absolute Gasteiger partial charge is 0.110 e. The van der Waals surface area contributed by atoms with Crippen LogP contribution in [0.4, 0.5) is 0 Å². The highest BCUT2D eigenvalue weighted by molar-refractivity contribution is 7.09. The van der Waals surface area contributed by atoms with Gasteiger partial charge in [-0.05, 0) is 37.2 Å². The van der Waals surface area contributed by atoms with Crippen LogP contribution in [0.1, 0.15) is 61.3 Å². The van der Waals surface area contributed by atoms with Gasteiger partial charge in [-0.25, -0.2) is 4.98 Å². The molecule has 3 rings (SSSR count). The molecule has 1 saturated carbocycles. The maximum atomic E-state index is 4.86. The second-order valence-electron chi connectivity index (χ2n) is 6.28. The van der Waals surface area contributed by atoms with Crippen LogP contribution in [0.25, 0.3) is 0 Å². The number of aromatic nitrogens is 1. The molecule has 1 aliphatic carbocycles. The van der Waals surface area contributed by atoms with E-state index in [0.717, 1.165) is 18.9 Å². The Kier molecular flexibility index (Phi) is 4.71. The Labute approximate surface area is 131 Å². The maximum absolute atomic E-state index is 4.86. The molecule has 0 amide bonds. The maximum Gasteiger partial charge on any atom is 0.110 e. The Bertz CT molecular complexity index is 558. The molecule has 1 N–H and O–H groups in total. The quantitative estimate of drug-likeness (QED) is 0.802. The zero-order valence-electron chi connectivity index (χ0n) is 12.9. The van der Waals surface area contributed by atoms with Crippen LogP contribution in [0.15, 0.2) is 35.7 Å². The highest BCUT2D eigenvalue weighted by Gasteiger charge is 2.26. The topological polar surface area (TPSA) is 24.9 Å². The second kappa shape index (κ2) is 6.71. The molecule has 1 fully saturated rings. The zero-order chi connectivity index (χ0) is 14.7. The van der Waals surface area contributed by atoms with Gasteiger partial charge in [0.25, 0.3) is 0 Å². The Morgan fingerprint density at radius 2 is 2.00 bits per heavy atom. The van der Waals surface area contributed by atoms with Crippen molar-refractivity contribution in [1.29, 1.82) is 0 Å². The first-order valence-electron chi connectivity index (χ1n) is 7.97. The van der Waals surface area contributed by atoms with E-state index in [4.69, 9.17) is 4.98 Å². The highest BCUT2D eigenvalue weighted by atomic mass is 32.1. The molecular formula is C18H24N2S. The lowest BCUT2D eigenvalue weighted by atomic mass is 10.1. The number of hydrogen-bond acceptors (Lipinski definition) is 3. The van der Waals surface area contributed by atoms with Gasteiger partial charge in [-0.3, -0.25) is 0 Å². The first-order chi connectivity index (χ1) is 10.2. The van der Waals surface area contributed by atoms with Gasteiger partial charge < -0.3 is 5.32 Å². The predicted octanol–water partition coefficient (Wildman–Crippen LogP) is 4.69. The first-order valence-corrected chi connectivity index (χ1v) is 8.85. The van der Waals surface area contributed by atoms with Crippen LogP contribution in [-0.4, -0.2) is 11.0 Å². The number of aryl methyl sites for hydroxylation is 1. The molecule has 0 saturated heterocycles. The van der Waals surface area contributed by atoms with Crippen LogP contribution in [-0.2, 0) is 6.42 Å². The molecule has 3 heteroatoms. The fourth-order valence-corrected chi connectivity index (χ4v) is 3.57. The molecule has 0 aliphatic heterocycles. The lowest BCUT2D eigenvalue weighted by Gasteiger charge is -2.16. The minimum atomic E-state index is 0.412. The molecule has 0 radical (unpaired) electrons. The number of hydrogen-bond donors (Lipinski definition) is 1. The van der Waals surface area contributed by atoms with Crippen LogP contribution in [0.3, 0.4) is 0 Å². The van der Waals surface area contributed by atoms with E-state index in [2.05, 4.69) is 54.9 Å². The zero-order valence-corrected chi connectivity index (χ0v) is 13.7. The fourth-order valence-electron chi connectivity index (χ4n) is 2.49. The van der Waals surface area contributed by atoms with Gasteiger partial charge in [-0.15, -0.1) is 11.3 Å². The Balaban J connectivity index is 1.67. The number of nitrogens with zero attached hydrogens (tertiary/aromatic N) is 1. The summed E-state index contributed by atoms with van der Waals surface area (Å²) in [6, 6.07) is 11.9. The Hall–Kier alpha value is -1.19. The van der Waals surface area contributed by atoms with E-state index in [1.807, 2.05) is 11.3 Å². The van der Waals surface area contributed by atoms with Crippen molar-refractivity contribution in [3.63, 3.8) is 0 Å². The van der Waals surface area contributed by atoms with Gasteiger partial charge >= 0.3 is 0 Å². The third kappa shape index (κ3) is 4.14. The lowest BCUT2D eigenvalue weighted by molar-refractivity contribution is 0.493. The minimum absolute atomic E-state index is 0.412. The van der Waals surface area contributed by atoms with Gasteiger partial charge in [-0.1, -0.05) is 44.2 Å². The molecule has 1 aliphatic rings. The fraction of sp³-hybridized carbons (Fsp3) is 0.500. The van der Waals surface area contributed by atoms with Crippen LogP contribution < -0.4 is 5.32 Å². The van der Waals surface area contributed by atoms with Crippen molar-refractivity contribution in [1.82, 2.24) is 10.3 Å². The molecule has 0 bridgehead atoms. The summed E-state index contributed by atoms with van der Waals surface area (Å²) in [5.74, 6) is 0.519. The summed E-state index contributed by atoms with van der Waals surface area (Å²) in [5.41, 5.74) is 2.65. The summed E-state index contributed by atoms with van der Waals surface area (Å²) in [7, 11) is 0. The molecule has 0 spiro atoms. The molecule has 1 aromatic carbocycles. The monoisotopic (exact) mass is 300 g/mol. The van der Waals surface area contributed by atoms with Gasteiger partial charge in [0.05, 0.1) is 11.7 Å². The van der Waals surface area contributed by atoms with Crippen LogP contribution in [0.5, 0.6) is 0 Å². The van der Waals surface area contributed by atoms with Crippen molar-refractivity contribution in [2.45, 2.75) is 57.5 Å². The summed E-state index contributed by atoms with van der Waals surface area (Å²) < 4.78 is 0. The molecule has 1 atom stereocenters. The molecule has 2 aromatic rings. The number of nitrogens with one attached hydrogen (secondary N) is 1. The average Bonchev–Trinajstić information content (AvgIpc) is 3.17. The van der Waals surface area contributed by atoms with E-state index in [9.17, 15) is 0 Å². The number of thiazole rings is 1. The van der Waals surface area contributed by atoms with E-state index in [0.29, 0.717) is 12.0 Å². The third-order valence-corrected chi connectivity index (χ3v) is 4.98. The van der Waals surface area contributed by atoms with Crippen molar-refractivity contribution in [3.05, 3.63) is 52.0 Å². The molecule has 1 aromatic heterocycles. The van der Waals surface area contributed by atoms with Gasteiger partial charge in [-0.2, -0.15) is 0 Å². The van der Waals surface area contributed by atoms with Crippen LogP contribution >= 0.6 is 11.3 Å². The normalized spacial score (nSPS) is 16.3. The third-order valence-electron chi connectivity index (χ3n) is 4.01. The van der Waals surface area contributed by atoms with Gasteiger partial charge in [0.1, 0.15) is 5.01 Å². The Morgan fingerprint density at radius 3 is 2.62 bits per heavy atom. The van der Waals surface area contributed by atoms with Crippen molar-refractivity contribution in [2.24, 2.45) is 0 Å². The van der Waals surface area contributed by atoms with Crippen molar-refractivity contribution < 1.29 is 0 Å². The summed E-state index contributed by atoms with van der Waals surface area (Å²) in [4.78, 5) is 4.86. The summed E-state index contributed by atoms with van der Waals surface area (Å²) in [6.07, 6.45) is 4.89. The van der Waals surface area contributed by atoms with Crippen LogP contribution in [0, 0.1) is 0 Å². The SMILES string of the molecule is CC(C)c1csc(C(CCc2ccccc2)NC2CC2)n1. The summed E-state index contributed by atoms with van der Waals surface area (Å²) in [5, 5.41) is 7.27. The molecule has 21 heavy (non-hydrogen) atoms. The number of benzene rings is 1. The molecule has 1 unspecified atom stereocenters.